The third-order valence-corrected chi connectivity index (χ3v) is 4.47. The zero-order chi connectivity index (χ0) is 17.8. The molecular weight excluding hydrogens is 318 g/mol. The van der Waals surface area contributed by atoms with Crippen LogP contribution in [0.25, 0.3) is 0 Å². The van der Waals surface area contributed by atoms with E-state index in [0.717, 1.165) is 5.56 Å². The summed E-state index contributed by atoms with van der Waals surface area (Å²) in [5, 5.41) is 2.96. The van der Waals surface area contributed by atoms with E-state index in [4.69, 9.17) is 4.74 Å². The number of nitrogens with zero attached hydrogens (tertiary/aromatic N) is 2. The van der Waals surface area contributed by atoms with Gasteiger partial charge in [-0.25, -0.2) is 0 Å². The highest BCUT2D eigenvalue weighted by molar-refractivity contribution is 5.95. The van der Waals surface area contributed by atoms with Gasteiger partial charge in [0.1, 0.15) is 5.69 Å². The van der Waals surface area contributed by atoms with Crippen LogP contribution in [0.15, 0.2) is 42.6 Å². The van der Waals surface area contributed by atoms with Gasteiger partial charge in [0.15, 0.2) is 0 Å². The molecule has 1 aromatic carbocycles. The van der Waals surface area contributed by atoms with Gasteiger partial charge in [-0.15, -0.1) is 0 Å². The molecule has 1 aromatic heterocycles. The molecule has 0 fully saturated rings. The van der Waals surface area contributed by atoms with Crippen molar-refractivity contribution in [2.45, 2.75) is 19.5 Å². The molecule has 0 aliphatic carbocycles. The molecule has 2 heterocycles. The predicted molar refractivity (Wildman–Crippen MR) is 94.6 cm³/mol. The van der Waals surface area contributed by atoms with E-state index in [9.17, 15) is 9.59 Å². The zero-order valence-electron chi connectivity index (χ0n) is 14.6. The third kappa shape index (κ3) is 3.74. The first-order valence-electron chi connectivity index (χ1n) is 8.40. The number of fused-ring (bicyclic) bond motifs is 1. The first-order valence-corrected chi connectivity index (χ1v) is 8.40. The SMILES string of the molecule is COCCN1C(=O)c2cccn2CC1CNC(=O)c1cccc(C)c1. The van der Waals surface area contributed by atoms with Gasteiger partial charge in [0.2, 0.25) is 0 Å². The normalized spacial score (nSPS) is 16.6. The summed E-state index contributed by atoms with van der Waals surface area (Å²) < 4.78 is 7.07. The fraction of sp³-hybridized carbons (Fsp3) is 0.368. The van der Waals surface area contributed by atoms with E-state index >= 15 is 0 Å². The predicted octanol–water partition coefficient (Wildman–Crippen LogP) is 1.70. The van der Waals surface area contributed by atoms with Crippen molar-refractivity contribution >= 4 is 11.8 Å². The molecule has 1 aliphatic rings. The molecule has 1 atom stereocenters. The lowest BCUT2D eigenvalue weighted by molar-refractivity contribution is 0.0504. The van der Waals surface area contributed by atoms with E-state index in [-0.39, 0.29) is 17.9 Å². The Morgan fingerprint density at radius 3 is 2.92 bits per heavy atom. The molecule has 3 rings (SSSR count). The molecule has 0 saturated carbocycles. The Morgan fingerprint density at radius 1 is 1.32 bits per heavy atom. The van der Waals surface area contributed by atoms with E-state index in [1.165, 1.54) is 0 Å². The number of ether oxygens (including phenoxy) is 1. The second-order valence-electron chi connectivity index (χ2n) is 6.27. The molecule has 2 aromatic rings. The molecule has 1 unspecified atom stereocenters. The second kappa shape index (κ2) is 7.53. The molecule has 0 bridgehead atoms. The monoisotopic (exact) mass is 341 g/mol. The number of hydrogen-bond donors (Lipinski definition) is 1. The van der Waals surface area contributed by atoms with E-state index in [2.05, 4.69) is 5.32 Å². The van der Waals surface area contributed by atoms with Crippen LogP contribution in [-0.4, -0.2) is 54.1 Å². The minimum absolute atomic E-state index is 0.0249. The number of benzene rings is 1. The summed E-state index contributed by atoms with van der Waals surface area (Å²) in [6.07, 6.45) is 1.90. The highest BCUT2D eigenvalue weighted by atomic mass is 16.5. The van der Waals surface area contributed by atoms with Gasteiger partial charge < -0.3 is 19.5 Å². The maximum atomic E-state index is 12.7. The van der Waals surface area contributed by atoms with Crippen LogP contribution in [0.4, 0.5) is 0 Å². The number of methoxy groups -OCH3 is 1. The first-order chi connectivity index (χ1) is 12.1. The Hall–Kier alpha value is -2.60. The number of nitrogens with one attached hydrogen (secondary N) is 1. The Morgan fingerprint density at radius 2 is 2.16 bits per heavy atom. The standard InChI is InChI=1S/C19H23N3O3/c1-14-5-3-6-15(11-14)18(23)20-12-16-13-21-8-4-7-17(21)19(24)22(16)9-10-25-2/h3-8,11,16H,9-10,12-13H2,1-2H3,(H,20,23). The first kappa shape index (κ1) is 17.2. The molecule has 1 N–H and O–H groups in total. The van der Waals surface area contributed by atoms with Crippen molar-refractivity contribution < 1.29 is 14.3 Å². The van der Waals surface area contributed by atoms with Gasteiger partial charge in [-0.2, -0.15) is 0 Å². The van der Waals surface area contributed by atoms with Crippen molar-refractivity contribution in [3.05, 3.63) is 59.4 Å². The smallest absolute Gasteiger partial charge is 0.270 e. The molecule has 6 nitrogen and oxygen atoms in total. The van der Waals surface area contributed by atoms with E-state index in [1.807, 2.05) is 48.0 Å². The minimum Gasteiger partial charge on any atom is -0.383 e. The van der Waals surface area contributed by atoms with Crippen LogP contribution in [0.5, 0.6) is 0 Å². The molecule has 0 spiro atoms. The van der Waals surface area contributed by atoms with Crippen LogP contribution < -0.4 is 5.32 Å². The quantitative estimate of drug-likeness (QED) is 0.870. The molecule has 0 saturated heterocycles. The summed E-state index contributed by atoms with van der Waals surface area (Å²) in [4.78, 5) is 26.9. The van der Waals surface area contributed by atoms with Crippen molar-refractivity contribution in [2.24, 2.45) is 0 Å². The van der Waals surface area contributed by atoms with Crippen molar-refractivity contribution in [2.75, 3.05) is 26.8 Å². The van der Waals surface area contributed by atoms with Gasteiger partial charge in [0, 0.05) is 38.5 Å². The van der Waals surface area contributed by atoms with E-state index in [1.54, 1.807) is 18.1 Å². The summed E-state index contributed by atoms with van der Waals surface area (Å²) in [6, 6.07) is 11.1. The van der Waals surface area contributed by atoms with Crippen LogP contribution in [-0.2, 0) is 11.3 Å². The lowest BCUT2D eigenvalue weighted by Gasteiger charge is -2.36. The number of carbonyl (C=O) groups excluding carboxylic acids is 2. The van der Waals surface area contributed by atoms with Gasteiger partial charge in [-0.3, -0.25) is 9.59 Å². The number of amides is 2. The van der Waals surface area contributed by atoms with Crippen LogP contribution in [0.2, 0.25) is 0 Å². The van der Waals surface area contributed by atoms with Crippen molar-refractivity contribution in [3.63, 3.8) is 0 Å². The number of aromatic nitrogens is 1. The molecule has 6 heteroatoms. The van der Waals surface area contributed by atoms with E-state index in [0.29, 0.717) is 37.5 Å². The largest absolute Gasteiger partial charge is 0.383 e. The third-order valence-electron chi connectivity index (χ3n) is 4.47. The summed E-state index contributed by atoms with van der Waals surface area (Å²) in [7, 11) is 1.62. The summed E-state index contributed by atoms with van der Waals surface area (Å²) in [6.45, 7) is 3.99. The van der Waals surface area contributed by atoms with Crippen LogP contribution in [0.1, 0.15) is 26.4 Å². The van der Waals surface area contributed by atoms with Crippen LogP contribution in [0, 0.1) is 6.92 Å². The van der Waals surface area contributed by atoms with Gasteiger partial charge in [-0.05, 0) is 31.2 Å². The van der Waals surface area contributed by atoms with Crippen LogP contribution >= 0.6 is 0 Å². The summed E-state index contributed by atoms with van der Waals surface area (Å²) in [5.74, 6) is -0.149. The lowest BCUT2D eigenvalue weighted by Crippen LogP contribution is -2.53. The average molecular weight is 341 g/mol. The topological polar surface area (TPSA) is 63.6 Å². The number of rotatable bonds is 6. The molecule has 2 amide bonds. The zero-order valence-corrected chi connectivity index (χ0v) is 14.6. The summed E-state index contributed by atoms with van der Waals surface area (Å²) in [5.41, 5.74) is 2.35. The second-order valence-corrected chi connectivity index (χ2v) is 6.27. The molecule has 0 radical (unpaired) electrons. The van der Waals surface area contributed by atoms with Crippen molar-refractivity contribution in [3.8, 4) is 0 Å². The number of hydrogen-bond acceptors (Lipinski definition) is 3. The Labute approximate surface area is 147 Å². The molecule has 25 heavy (non-hydrogen) atoms. The average Bonchev–Trinajstić information content (AvgIpc) is 3.08. The highest BCUT2D eigenvalue weighted by Gasteiger charge is 2.32. The van der Waals surface area contributed by atoms with Gasteiger partial charge in [0.25, 0.3) is 11.8 Å². The fourth-order valence-corrected chi connectivity index (χ4v) is 3.15. The Bertz CT molecular complexity index is 769. The fourth-order valence-electron chi connectivity index (χ4n) is 3.15. The molecular formula is C19H23N3O3. The maximum absolute atomic E-state index is 12.7. The minimum atomic E-state index is -0.124. The van der Waals surface area contributed by atoms with Crippen LogP contribution in [0.3, 0.4) is 0 Å². The summed E-state index contributed by atoms with van der Waals surface area (Å²) >= 11 is 0. The van der Waals surface area contributed by atoms with Crippen molar-refractivity contribution in [1.82, 2.24) is 14.8 Å². The molecule has 1 aliphatic heterocycles. The lowest BCUT2D eigenvalue weighted by atomic mass is 10.1. The Kier molecular flexibility index (Phi) is 5.19. The van der Waals surface area contributed by atoms with Gasteiger partial charge in [-0.1, -0.05) is 17.7 Å². The number of carbonyl (C=O) groups is 2. The van der Waals surface area contributed by atoms with Gasteiger partial charge >= 0.3 is 0 Å². The van der Waals surface area contributed by atoms with E-state index < -0.39 is 0 Å². The Balaban J connectivity index is 1.71. The maximum Gasteiger partial charge on any atom is 0.270 e. The van der Waals surface area contributed by atoms with Crippen molar-refractivity contribution in [1.29, 1.82) is 0 Å². The number of aryl methyl sites for hydroxylation is 1. The highest BCUT2D eigenvalue weighted by Crippen LogP contribution is 2.18. The molecule has 132 valence electrons. The van der Waals surface area contributed by atoms with Gasteiger partial charge in [0.05, 0.1) is 12.6 Å².